The van der Waals surface area contributed by atoms with Crippen LogP contribution in [0.5, 0.6) is 0 Å². The maximum atomic E-state index is 11.9. The average Bonchev–Trinajstić information content (AvgIpc) is 2.42. The normalized spacial score (nSPS) is 13.0. The van der Waals surface area contributed by atoms with Crippen molar-refractivity contribution >= 4 is 38.4 Å². The van der Waals surface area contributed by atoms with Gasteiger partial charge in [0.05, 0.1) is 4.90 Å². The topological polar surface area (TPSA) is 101 Å². The molecule has 0 aromatic heterocycles. The zero-order valence-electron chi connectivity index (χ0n) is 11.8. The molecule has 0 saturated carbocycles. The molecule has 124 valence electrons. The number of benzene rings is 1. The number of hydrogen-bond donors (Lipinski definition) is 2. The zero-order valence-corrected chi connectivity index (χ0v) is 14.2. The molecule has 22 heavy (non-hydrogen) atoms. The van der Waals surface area contributed by atoms with Crippen LogP contribution in [0.2, 0.25) is 5.02 Å². The molecule has 0 aliphatic heterocycles. The largest absolute Gasteiger partial charge is 0.481 e. The van der Waals surface area contributed by atoms with Crippen molar-refractivity contribution in [3.8, 4) is 0 Å². The second-order valence-electron chi connectivity index (χ2n) is 4.59. The van der Waals surface area contributed by atoms with E-state index in [0.717, 1.165) is 0 Å². The van der Waals surface area contributed by atoms with Crippen molar-refractivity contribution in [2.45, 2.75) is 24.2 Å². The molecule has 0 aliphatic rings. The van der Waals surface area contributed by atoms with Crippen LogP contribution in [-0.2, 0) is 25.6 Å². The van der Waals surface area contributed by atoms with E-state index in [0.29, 0.717) is 30.0 Å². The van der Waals surface area contributed by atoms with Gasteiger partial charge >= 0.3 is 5.97 Å². The van der Waals surface area contributed by atoms with Gasteiger partial charge in [-0.3, -0.25) is 9.00 Å². The minimum Gasteiger partial charge on any atom is -0.481 e. The summed E-state index contributed by atoms with van der Waals surface area (Å²) in [4.78, 5) is 10.5. The lowest BCUT2D eigenvalue weighted by Crippen LogP contribution is -2.24. The average molecular weight is 368 g/mol. The molecular weight excluding hydrogens is 350 g/mol. The van der Waals surface area contributed by atoms with Gasteiger partial charge < -0.3 is 5.11 Å². The van der Waals surface area contributed by atoms with Gasteiger partial charge in [-0.25, -0.2) is 13.1 Å². The Balaban J connectivity index is 2.25. The Bertz CT molecular complexity index is 616. The number of carbonyl (C=O) groups is 1. The first-order valence-electron chi connectivity index (χ1n) is 6.63. The van der Waals surface area contributed by atoms with E-state index in [-0.39, 0.29) is 17.2 Å². The molecule has 0 amide bonds. The van der Waals surface area contributed by atoms with Gasteiger partial charge in [-0.05, 0) is 37.1 Å². The van der Waals surface area contributed by atoms with Crippen molar-refractivity contribution in [3.63, 3.8) is 0 Å². The summed E-state index contributed by atoms with van der Waals surface area (Å²) < 4.78 is 37.6. The summed E-state index contributed by atoms with van der Waals surface area (Å²) in [5.41, 5.74) is 0. The van der Waals surface area contributed by atoms with Crippen molar-refractivity contribution in [1.82, 2.24) is 4.72 Å². The van der Waals surface area contributed by atoms with Gasteiger partial charge in [0.15, 0.2) is 0 Å². The van der Waals surface area contributed by atoms with Crippen LogP contribution >= 0.6 is 11.6 Å². The Labute approximate surface area is 137 Å². The SMILES string of the molecule is O=C(O)CS(=O)CCCCCNS(=O)(=O)c1ccc(Cl)cc1. The summed E-state index contributed by atoms with van der Waals surface area (Å²) in [6, 6.07) is 5.88. The first-order chi connectivity index (χ1) is 10.3. The van der Waals surface area contributed by atoms with E-state index in [9.17, 15) is 17.4 Å². The van der Waals surface area contributed by atoms with Gasteiger partial charge in [-0.1, -0.05) is 18.0 Å². The number of nitrogens with one attached hydrogen (secondary N) is 1. The predicted molar refractivity (Wildman–Crippen MR) is 86.0 cm³/mol. The molecule has 0 bridgehead atoms. The van der Waals surface area contributed by atoms with Crippen molar-refractivity contribution in [2.24, 2.45) is 0 Å². The third-order valence-corrected chi connectivity index (χ3v) is 5.79. The van der Waals surface area contributed by atoms with Crippen LogP contribution in [0.1, 0.15) is 19.3 Å². The molecule has 0 fully saturated rings. The van der Waals surface area contributed by atoms with E-state index in [1.54, 1.807) is 0 Å². The van der Waals surface area contributed by atoms with Crippen molar-refractivity contribution in [1.29, 1.82) is 0 Å². The molecule has 0 heterocycles. The molecule has 0 saturated heterocycles. The predicted octanol–water partition coefficient (Wildman–Crippen LogP) is 1.62. The fraction of sp³-hybridized carbons (Fsp3) is 0.462. The number of halogens is 1. The maximum Gasteiger partial charge on any atom is 0.316 e. The third kappa shape index (κ3) is 7.35. The van der Waals surface area contributed by atoms with Crippen LogP contribution in [0.4, 0.5) is 0 Å². The van der Waals surface area contributed by atoms with Crippen LogP contribution in [0.3, 0.4) is 0 Å². The fourth-order valence-electron chi connectivity index (χ4n) is 1.68. The molecule has 1 atom stereocenters. The molecule has 2 N–H and O–H groups in total. The standard InChI is InChI=1S/C13H18ClNO5S2/c14-11-4-6-12(7-5-11)22(19,20)15-8-2-1-3-9-21(18)10-13(16)17/h4-7,15H,1-3,8-10H2,(H,16,17). The smallest absolute Gasteiger partial charge is 0.316 e. The van der Waals surface area contributed by atoms with Gasteiger partial charge in [0.25, 0.3) is 0 Å². The highest BCUT2D eigenvalue weighted by Crippen LogP contribution is 2.13. The van der Waals surface area contributed by atoms with Crippen LogP contribution in [0.25, 0.3) is 0 Å². The Morgan fingerprint density at radius 2 is 1.82 bits per heavy atom. The molecule has 9 heteroatoms. The van der Waals surface area contributed by atoms with E-state index in [2.05, 4.69) is 4.72 Å². The first-order valence-corrected chi connectivity index (χ1v) is 9.98. The van der Waals surface area contributed by atoms with Crippen molar-refractivity contribution < 1.29 is 22.5 Å². The number of unbranched alkanes of at least 4 members (excludes halogenated alkanes) is 2. The summed E-state index contributed by atoms with van der Waals surface area (Å²) in [5, 5.41) is 8.93. The van der Waals surface area contributed by atoms with E-state index in [1.165, 1.54) is 24.3 Å². The second-order valence-corrected chi connectivity index (χ2v) is 8.37. The minimum atomic E-state index is -3.54. The molecular formula is C13H18ClNO5S2. The summed E-state index contributed by atoms with van der Waals surface area (Å²) in [5.74, 6) is -1.10. The molecule has 1 unspecified atom stereocenters. The summed E-state index contributed by atoms with van der Waals surface area (Å²) in [6.07, 6.45) is 1.87. The van der Waals surface area contributed by atoms with E-state index in [1.807, 2.05) is 0 Å². The Morgan fingerprint density at radius 3 is 2.41 bits per heavy atom. The van der Waals surface area contributed by atoms with Crippen LogP contribution in [0, 0.1) is 0 Å². The second kappa shape index (κ2) is 9.24. The third-order valence-electron chi connectivity index (χ3n) is 2.75. The highest BCUT2D eigenvalue weighted by atomic mass is 35.5. The van der Waals surface area contributed by atoms with E-state index >= 15 is 0 Å². The van der Waals surface area contributed by atoms with Gasteiger partial charge in [0, 0.05) is 28.1 Å². The monoisotopic (exact) mass is 367 g/mol. The number of hydrogen-bond acceptors (Lipinski definition) is 4. The summed E-state index contributed by atoms with van der Waals surface area (Å²) >= 11 is 5.70. The number of carboxylic acid groups (broad SMARTS) is 1. The number of rotatable bonds is 10. The maximum absolute atomic E-state index is 11.9. The van der Waals surface area contributed by atoms with Crippen molar-refractivity contribution in [3.05, 3.63) is 29.3 Å². The van der Waals surface area contributed by atoms with Crippen LogP contribution < -0.4 is 4.72 Å². The molecule has 0 aliphatic carbocycles. The van der Waals surface area contributed by atoms with Gasteiger partial charge in [-0.15, -0.1) is 0 Å². The quantitative estimate of drug-likeness (QED) is 0.612. The van der Waals surface area contributed by atoms with E-state index < -0.39 is 26.8 Å². The van der Waals surface area contributed by atoms with Crippen molar-refractivity contribution in [2.75, 3.05) is 18.1 Å². The summed E-state index contributed by atoms with van der Waals surface area (Å²) in [7, 11) is -4.90. The molecule has 6 nitrogen and oxygen atoms in total. The van der Waals surface area contributed by atoms with E-state index in [4.69, 9.17) is 16.7 Å². The van der Waals surface area contributed by atoms with Crippen LogP contribution in [0.15, 0.2) is 29.2 Å². The lowest BCUT2D eigenvalue weighted by Gasteiger charge is -2.06. The lowest BCUT2D eigenvalue weighted by atomic mass is 10.2. The Hall–Kier alpha value is -0.960. The lowest BCUT2D eigenvalue weighted by molar-refractivity contribution is -0.133. The molecule has 1 aromatic carbocycles. The van der Waals surface area contributed by atoms with Gasteiger partial charge in [0.2, 0.25) is 10.0 Å². The molecule has 0 spiro atoms. The number of carboxylic acids is 1. The molecule has 0 radical (unpaired) electrons. The zero-order chi connectivity index (χ0) is 16.6. The minimum absolute atomic E-state index is 0.152. The van der Waals surface area contributed by atoms with Gasteiger partial charge in [0.1, 0.15) is 5.75 Å². The Morgan fingerprint density at radius 1 is 1.18 bits per heavy atom. The molecule has 1 aromatic rings. The van der Waals surface area contributed by atoms with Crippen LogP contribution in [-0.4, -0.2) is 41.8 Å². The number of sulfonamides is 1. The highest BCUT2D eigenvalue weighted by Gasteiger charge is 2.12. The molecule has 1 rings (SSSR count). The summed E-state index contributed by atoms with van der Waals surface area (Å²) in [6.45, 7) is 0.274. The fourth-order valence-corrected chi connectivity index (χ4v) is 3.82. The number of aliphatic carboxylic acids is 1. The first kappa shape index (κ1) is 19.1. The highest BCUT2D eigenvalue weighted by molar-refractivity contribution is 7.89. The van der Waals surface area contributed by atoms with Gasteiger partial charge in [-0.2, -0.15) is 0 Å². The Kier molecular flexibility index (Phi) is 8.02.